The largest absolute Gasteiger partial charge is 0.497 e. The number of anilines is 1. The zero-order valence-corrected chi connectivity index (χ0v) is 24.9. The third-order valence-electron chi connectivity index (χ3n) is 7.12. The Morgan fingerprint density at radius 2 is 1.98 bits per heavy atom. The molecule has 2 saturated heterocycles. The molecule has 12 nitrogen and oxygen atoms in total. The lowest BCUT2D eigenvalue weighted by Gasteiger charge is -2.38. The maximum absolute atomic E-state index is 14.0. The van der Waals surface area contributed by atoms with Crippen molar-refractivity contribution in [3.63, 3.8) is 0 Å². The van der Waals surface area contributed by atoms with Crippen LogP contribution in [0.4, 0.5) is 5.95 Å². The van der Waals surface area contributed by atoms with Crippen LogP contribution in [0.2, 0.25) is 5.02 Å². The van der Waals surface area contributed by atoms with Gasteiger partial charge in [-0.05, 0) is 26.2 Å². The number of fused-ring (bicyclic) bond motifs is 1. The van der Waals surface area contributed by atoms with Gasteiger partial charge in [0.1, 0.15) is 17.1 Å². The molecule has 0 spiro atoms. The van der Waals surface area contributed by atoms with Gasteiger partial charge in [-0.1, -0.05) is 17.7 Å². The van der Waals surface area contributed by atoms with E-state index in [0.29, 0.717) is 77.5 Å². The van der Waals surface area contributed by atoms with Crippen LogP contribution in [0.5, 0.6) is 11.5 Å². The number of carbonyl (C=O) groups excluding carboxylic acids is 1. The van der Waals surface area contributed by atoms with Gasteiger partial charge in [0.05, 0.1) is 57.8 Å². The Morgan fingerprint density at radius 1 is 1.19 bits per heavy atom. The van der Waals surface area contributed by atoms with Gasteiger partial charge >= 0.3 is 0 Å². The molecular formula is C29H35ClN6O6. The number of likely N-dealkylation sites (tertiary alicyclic amines) is 1. The van der Waals surface area contributed by atoms with Crippen LogP contribution in [-0.4, -0.2) is 110 Å². The molecule has 1 aromatic carbocycles. The van der Waals surface area contributed by atoms with Crippen molar-refractivity contribution in [1.82, 2.24) is 24.3 Å². The first kappa shape index (κ1) is 29.8. The minimum atomic E-state index is -0.295. The fourth-order valence-corrected chi connectivity index (χ4v) is 4.96. The Hall–Kier alpha value is -3.71. The average Bonchev–Trinajstić information content (AvgIpc) is 2.92. The molecular weight excluding hydrogens is 564 g/mol. The molecule has 2 aliphatic heterocycles. The molecule has 0 atom stereocenters. The summed E-state index contributed by atoms with van der Waals surface area (Å²) in [6.45, 7) is 3.33. The molecule has 2 aliphatic rings. The van der Waals surface area contributed by atoms with Crippen molar-refractivity contribution < 1.29 is 23.7 Å². The van der Waals surface area contributed by atoms with Crippen LogP contribution in [0, 0.1) is 0 Å². The van der Waals surface area contributed by atoms with E-state index >= 15 is 0 Å². The molecule has 0 bridgehead atoms. The summed E-state index contributed by atoms with van der Waals surface area (Å²) in [5.41, 5.74) is 0.994. The molecule has 42 heavy (non-hydrogen) atoms. The fourth-order valence-electron chi connectivity index (χ4n) is 4.67. The van der Waals surface area contributed by atoms with Crippen LogP contribution >= 0.6 is 11.6 Å². The van der Waals surface area contributed by atoms with Crippen molar-refractivity contribution in [1.29, 1.82) is 0 Å². The number of rotatable bonds is 12. The monoisotopic (exact) mass is 598 g/mol. The molecule has 1 N–H and O–H groups in total. The number of likely N-dealkylation sites (N-methyl/N-ethyl adjacent to an activating group) is 1. The van der Waals surface area contributed by atoms with Crippen LogP contribution < -0.4 is 20.3 Å². The summed E-state index contributed by atoms with van der Waals surface area (Å²) in [5.74, 6) is 1.26. The lowest BCUT2D eigenvalue weighted by molar-refractivity contribution is -0.139. The summed E-state index contributed by atoms with van der Waals surface area (Å²) in [6, 6.07) is 5.21. The molecule has 0 aliphatic carbocycles. The van der Waals surface area contributed by atoms with Gasteiger partial charge in [0, 0.05) is 54.5 Å². The Labute approximate surface area is 248 Å². The van der Waals surface area contributed by atoms with Gasteiger partial charge in [-0.3, -0.25) is 14.2 Å². The topological polar surface area (TPSA) is 120 Å². The molecule has 3 aromatic rings. The fraction of sp³-hybridized carbons (Fsp3) is 0.448. The van der Waals surface area contributed by atoms with Gasteiger partial charge in [-0.25, -0.2) is 4.98 Å². The van der Waals surface area contributed by atoms with Crippen molar-refractivity contribution in [2.45, 2.75) is 18.7 Å². The Kier molecular flexibility index (Phi) is 9.27. The number of carbonyl (C=O) groups is 1. The lowest BCUT2D eigenvalue weighted by atomic mass is 10.0. The zero-order chi connectivity index (χ0) is 29.8. The molecule has 13 heteroatoms. The molecule has 1 amide bonds. The summed E-state index contributed by atoms with van der Waals surface area (Å²) in [5, 5.41) is 4.19. The molecule has 0 saturated carbocycles. The van der Waals surface area contributed by atoms with Crippen molar-refractivity contribution >= 4 is 34.5 Å². The van der Waals surface area contributed by atoms with E-state index in [-0.39, 0.29) is 36.8 Å². The van der Waals surface area contributed by atoms with Crippen molar-refractivity contribution in [3.8, 4) is 22.6 Å². The third-order valence-corrected chi connectivity index (χ3v) is 7.51. The minimum Gasteiger partial charge on any atom is -0.497 e. The first-order valence-corrected chi connectivity index (χ1v) is 14.0. The van der Waals surface area contributed by atoms with E-state index in [9.17, 15) is 9.59 Å². The summed E-state index contributed by atoms with van der Waals surface area (Å²) >= 11 is 6.67. The van der Waals surface area contributed by atoms with E-state index in [1.54, 1.807) is 39.9 Å². The number of benzene rings is 1. The van der Waals surface area contributed by atoms with E-state index in [4.69, 9.17) is 30.5 Å². The Bertz CT molecular complexity index is 1530. The van der Waals surface area contributed by atoms with E-state index in [0.717, 1.165) is 0 Å². The van der Waals surface area contributed by atoms with Gasteiger partial charge in [-0.15, -0.1) is 0 Å². The second-order valence-electron chi connectivity index (χ2n) is 10.5. The summed E-state index contributed by atoms with van der Waals surface area (Å²) in [7, 11) is 6.93. The highest BCUT2D eigenvalue weighted by Crippen LogP contribution is 2.38. The predicted octanol–water partition coefficient (Wildman–Crippen LogP) is 2.28. The number of nitrogens with zero attached hydrogens (tertiary/aromatic N) is 5. The molecule has 4 heterocycles. The highest BCUT2D eigenvalue weighted by Gasteiger charge is 2.30. The number of hydrogen-bond donors (Lipinski definition) is 1. The highest BCUT2D eigenvalue weighted by atomic mass is 35.5. The number of ether oxygens (including phenoxy) is 4. The average molecular weight is 599 g/mol. The normalized spacial score (nSPS) is 15.7. The number of halogens is 1. The van der Waals surface area contributed by atoms with E-state index < -0.39 is 0 Å². The van der Waals surface area contributed by atoms with Crippen LogP contribution in [0.3, 0.4) is 0 Å². The number of nitrogens with one attached hydrogen (secondary N) is 1. The quantitative estimate of drug-likeness (QED) is 0.311. The first-order valence-electron chi connectivity index (χ1n) is 13.7. The third kappa shape index (κ3) is 6.51. The summed E-state index contributed by atoms with van der Waals surface area (Å²) in [4.78, 5) is 39.2. The van der Waals surface area contributed by atoms with E-state index in [1.807, 2.05) is 25.1 Å². The molecule has 2 aromatic heterocycles. The second kappa shape index (κ2) is 13.1. The van der Waals surface area contributed by atoms with Crippen molar-refractivity contribution in [3.05, 3.63) is 51.9 Å². The number of amides is 1. The minimum absolute atomic E-state index is 0.0363. The first-order chi connectivity index (χ1) is 20.3. The maximum Gasteiger partial charge on any atom is 0.260 e. The van der Waals surface area contributed by atoms with Gasteiger partial charge in [0.15, 0.2) is 0 Å². The SMILES string of the molecule is COc1cc(OC)c(Cl)c(-c2cc3cnc(NC4COC4)nc3n(CCOC3CN(C(=O)C=CCN(C)C)C3)c2=O)c1. The van der Waals surface area contributed by atoms with E-state index in [1.165, 1.54) is 14.2 Å². The Morgan fingerprint density at radius 3 is 2.64 bits per heavy atom. The number of aromatic nitrogens is 3. The summed E-state index contributed by atoms with van der Waals surface area (Å²) in [6.07, 6.45) is 5.00. The summed E-state index contributed by atoms with van der Waals surface area (Å²) < 4.78 is 23.7. The van der Waals surface area contributed by atoms with Gasteiger partial charge < -0.3 is 34.1 Å². The number of pyridine rings is 1. The highest BCUT2D eigenvalue weighted by molar-refractivity contribution is 6.35. The predicted molar refractivity (Wildman–Crippen MR) is 160 cm³/mol. The van der Waals surface area contributed by atoms with Gasteiger partial charge in [-0.2, -0.15) is 4.98 Å². The number of methoxy groups -OCH3 is 2. The maximum atomic E-state index is 14.0. The molecule has 0 radical (unpaired) electrons. The van der Waals surface area contributed by atoms with Crippen LogP contribution in [0.15, 0.2) is 41.3 Å². The van der Waals surface area contributed by atoms with Crippen LogP contribution in [0.25, 0.3) is 22.2 Å². The molecule has 224 valence electrons. The smallest absolute Gasteiger partial charge is 0.260 e. The molecule has 2 fully saturated rings. The van der Waals surface area contributed by atoms with Crippen LogP contribution in [-0.2, 0) is 20.8 Å². The van der Waals surface area contributed by atoms with Gasteiger partial charge in [0.25, 0.3) is 5.56 Å². The molecule has 5 rings (SSSR count). The second-order valence-corrected chi connectivity index (χ2v) is 10.8. The molecule has 0 unspecified atom stereocenters. The van der Waals surface area contributed by atoms with Crippen molar-refractivity contribution in [2.24, 2.45) is 0 Å². The standard InChI is InChI=1S/C29H35ClN6O6/c1-34(2)7-5-6-25(37)35-14-21(15-35)42-9-8-36-27-18(13-31-29(33-27)32-19-16-41-17-19)10-23(28(36)38)22-11-20(39-3)12-24(40-4)26(22)30/h5-6,10-13,19,21H,7-9,14-17H2,1-4H3,(H,31,32,33). The lowest BCUT2D eigenvalue weighted by Crippen LogP contribution is -2.54. The zero-order valence-electron chi connectivity index (χ0n) is 24.1. The van der Waals surface area contributed by atoms with Crippen molar-refractivity contribution in [2.75, 3.05) is 73.1 Å². The Balaban J connectivity index is 1.39. The number of hydrogen-bond acceptors (Lipinski definition) is 10. The van der Waals surface area contributed by atoms with Crippen LogP contribution in [0.1, 0.15) is 0 Å². The van der Waals surface area contributed by atoms with Gasteiger partial charge in [0.2, 0.25) is 11.9 Å². The van der Waals surface area contributed by atoms with E-state index in [2.05, 4.69) is 15.3 Å².